The Kier molecular flexibility index (Phi) is 2.81. The first-order chi connectivity index (χ1) is 5.65. The fourth-order valence-corrected chi connectivity index (χ4v) is 1.42. The minimum Gasteiger partial charge on any atom is -0.398 e. The average Bonchev–Trinajstić information content (AvgIpc) is 1.96. The maximum Gasteiger partial charge on any atom is 0.126 e. The van der Waals surface area contributed by atoms with Crippen LogP contribution in [0.1, 0.15) is 5.56 Å². The highest BCUT2D eigenvalue weighted by atomic mass is 79.9. The summed E-state index contributed by atoms with van der Waals surface area (Å²) in [7, 11) is 1.63. The monoisotopic (exact) mass is 230 g/mol. The first kappa shape index (κ1) is 9.19. The molecule has 1 aromatic carbocycles. The van der Waals surface area contributed by atoms with Gasteiger partial charge in [-0.25, -0.2) is 4.39 Å². The number of hydrogen-bond acceptors (Lipinski definition) is 2. The van der Waals surface area contributed by atoms with Crippen molar-refractivity contribution in [2.45, 2.75) is 0 Å². The molecule has 2 N–H and O–H groups in total. The van der Waals surface area contributed by atoms with Crippen LogP contribution in [-0.4, -0.2) is 13.3 Å². The molecule has 64 valence electrons. The molecule has 0 aliphatic heterocycles. The van der Waals surface area contributed by atoms with Gasteiger partial charge in [-0.2, -0.15) is 0 Å². The lowest BCUT2D eigenvalue weighted by molar-refractivity contribution is 0.627. The number of hydrogen-bond donors (Lipinski definition) is 1. The maximum atomic E-state index is 12.7. The summed E-state index contributed by atoms with van der Waals surface area (Å²) in [6, 6.07) is 2.62. The third-order valence-corrected chi connectivity index (χ3v) is 2.04. The van der Waals surface area contributed by atoms with Gasteiger partial charge in [0.2, 0.25) is 0 Å². The van der Waals surface area contributed by atoms with Gasteiger partial charge in [0.05, 0.1) is 0 Å². The molecule has 0 heterocycles. The highest BCUT2D eigenvalue weighted by Crippen LogP contribution is 2.22. The molecule has 0 spiro atoms. The van der Waals surface area contributed by atoms with E-state index in [0.717, 1.165) is 0 Å². The summed E-state index contributed by atoms with van der Waals surface area (Å²) in [6.45, 7) is 0. The zero-order valence-electron chi connectivity index (χ0n) is 6.51. The molecular weight excluding hydrogens is 223 g/mol. The van der Waals surface area contributed by atoms with Gasteiger partial charge in [-0.1, -0.05) is 0 Å². The zero-order chi connectivity index (χ0) is 9.14. The predicted octanol–water partition coefficient (Wildman–Crippen LogP) is 2.22. The van der Waals surface area contributed by atoms with Gasteiger partial charge in [0.1, 0.15) is 5.82 Å². The van der Waals surface area contributed by atoms with Gasteiger partial charge < -0.3 is 5.73 Å². The van der Waals surface area contributed by atoms with E-state index in [2.05, 4.69) is 20.9 Å². The molecule has 1 aromatic rings. The second-order valence-electron chi connectivity index (χ2n) is 2.28. The number of halogens is 2. The van der Waals surface area contributed by atoms with Gasteiger partial charge in [-0.3, -0.25) is 4.99 Å². The molecule has 12 heavy (non-hydrogen) atoms. The van der Waals surface area contributed by atoms with E-state index in [1.54, 1.807) is 13.3 Å². The molecule has 0 saturated carbocycles. The zero-order valence-corrected chi connectivity index (χ0v) is 8.10. The highest BCUT2D eigenvalue weighted by Gasteiger charge is 2.03. The van der Waals surface area contributed by atoms with Crippen LogP contribution < -0.4 is 5.73 Å². The summed E-state index contributed by atoms with van der Waals surface area (Å²) in [5, 5.41) is 0. The van der Waals surface area contributed by atoms with E-state index in [-0.39, 0.29) is 5.82 Å². The Balaban J connectivity index is 3.28. The Bertz CT molecular complexity index is 300. The third-order valence-electron chi connectivity index (χ3n) is 1.38. The molecule has 0 radical (unpaired) electrons. The fraction of sp³-hybridized carbons (Fsp3) is 0.125. The highest BCUT2D eigenvalue weighted by molar-refractivity contribution is 9.10. The van der Waals surface area contributed by atoms with E-state index in [4.69, 9.17) is 5.73 Å². The number of aliphatic imine (C=N–C) groups is 1. The van der Waals surface area contributed by atoms with Crippen LogP contribution in [0.4, 0.5) is 10.1 Å². The molecule has 4 heteroatoms. The fourth-order valence-electron chi connectivity index (χ4n) is 0.870. The van der Waals surface area contributed by atoms with Crippen molar-refractivity contribution < 1.29 is 4.39 Å². The standard InChI is InChI=1S/C8H8BrFN2/c1-12-4-6-7(9)2-5(10)3-8(6)11/h2-4H,11H2,1H3. The second-order valence-corrected chi connectivity index (χ2v) is 3.13. The van der Waals surface area contributed by atoms with Crippen LogP contribution in [0, 0.1) is 5.82 Å². The van der Waals surface area contributed by atoms with E-state index in [9.17, 15) is 4.39 Å². The van der Waals surface area contributed by atoms with Crippen molar-refractivity contribution in [3.8, 4) is 0 Å². The summed E-state index contributed by atoms with van der Waals surface area (Å²) in [5.41, 5.74) is 6.64. The third kappa shape index (κ3) is 1.82. The number of anilines is 1. The Labute approximate surface area is 78.4 Å². The Hall–Kier alpha value is -0.900. The van der Waals surface area contributed by atoms with Crippen LogP contribution in [0.15, 0.2) is 21.6 Å². The second kappa shape index (κ2) is 3.67. The van der Waals surface area contributed by atoms with E-state index >= 15 is 0 Å². The van der Waals surface area contributed by atoms with E-state index in [0.29, 0.717) is 15.7 Å². The van der Waals surface area contributed by atoms with E-state index < -0.39 is 0 Å². The summed E-state index contributed by atoms with van der Waals surface area (Å²) < 4.78 is 13.3. The summed E-state index contributed by atoms with van der Waals surface area (Å²) in [5.74, 6) is -0.354. The number of nitrogen functional groups attached to an aromatic ring is 1. The molecule has 0 bridgehead atoms. The number of rotatable bonds is 1. The largest absolute Gasteiger partial charge is 0.398 e. The SMILES string of the molecule is CN=Cc1c(N)cc(F)cc1Br. The lowest BCUT2D eigenvalue weighted by atomic mass is 10.2. The Morgan fingerprint density at radius 3 is 2.75 bits per heavy atom. The summed E-state index contributed by atoms with van der Waals surface area (Å²) in [6.07, 6.45) is 1.58. The first-order valence-electron chi connectivity index (χ1n) is 3.32. The first-order valence-corrected chi connectivity index (χ1v) is 4.11. The lowest BCUT2D eigenvalue weighted by Gasteiger charge is -2.02. The van der Waals surface area contributed by atoms with Crippen molar-refractivity contribution in [1.82, 2.24) is 0 Å². The molecule has 0 aromatic heterocycles. The minimum absolute atomic E-state index is 0.354. The number of nitrogens with zero attached hydrogens (tertiary/aromatic N) is 1. The van der Waals surface area contributed by atoms with Crippen molar-refractivity contribution in [2.75, 3.05) is 12.8 Å². The van der Waals surface area contributed by atoms with Gasteiger partial charge in [0, 0.05) is 29.0 Å². The van der Waals surface area contributed by atoms with Gasteiger partial charge in [0.15, 0.2) is 0 Å². The number of nitrogens with two attached hydrogens (primary N) is 1. The topological polar surface area (TPSA) is 38.4 Å². The van der Waals surface area contributed by atoms with Crippen LogP contribution >= 0.6 is 15.9 Å². The van der Waals surface area contributed by atoms with Gasteiger partial charge >= 0.3 is 0 Å². The van der Waals surface area contributed by atoms with Crippen LogP contribution in [-0.2, 0) is 0 Å². The van der Waals surface area contributed by atoms with Crippen molar-refractivity contribution in [3.05, 3.63) is 28.0 Å². The molecule has 0 saturated heterocycles. The van der Waals surface area contributed by atoms with Crippen LogP contribution in [0.2, 0.25) is 0 Å². The lowest BCUT2D eigenvalue weighted by Crippen LogP contribution is -1.95. The molecule has 0 atom stereocenters. The van der Waals surface area contributed by atoms with Crippen molar-refractivity contribution in [3.63, 3.8) is 0 Å². The maximum absolute atomic E-state index is 12.7. The van der Waals surface area contributed by atoms with Crippen LogP contribution in [0.25, 0.3) is 0 Å². The minimum atomic E-state index is -0.354. The van der Waals surface area contributed by atoms with Crippen LogP contribution in [0.5, 0.6) is 0 Å². The molecule has 0 fully saturated rings. The van der Waals surface area contributed by atoms with Crippen molar-refractivity contribution >= 4 is 27.8 Å². The van der Waals surface area contributed by atoms with E-state index in [1.165, 1.54) is 12.1 Å². The van der Waals surface area contributed by atoms with Crippen molar-refractivity contribution in [2.24, 2.45) is 4.99 Å². The molecule has 1 rings (SSSR count). The Morgan fingerprint density at radius 2 is 2.25 bits per heavy atom. The van der Waals surface area contributed by atoms with Gasteiger partial charge in [-0.15, -0.1) is 0 Å². The predicted molar refractivity (Wildman–Crippen MR) is 52.0 cm³/mol. The van der Waals surface area contributed by atoms with Gasteiger partial charge in [-0.05, 0) is 28.1 Å². The van der Waals surface area contributed by atoms with Crippen LogP contribution in [0.3, 0.4) is 0 Å². The normalized spacial score (nSPS) is 10.9. The number of benzene rings is 1. The average molecular weight is 231 g/mol. The Morgan fingerprint density at radius 1 is 1.58 bits per heavy atom. The molecule has 2 nitrogen and oxygen atoms in total. The summed E-state index contributed by atoms with van der Waals surface area (Å²) in [4.78, 5) is 3.80. The van der Waals surface area contributed by atoms with Crippen molar-refractivity contribution in [1.29, 1.82) is 0 Å². The molecular formula is C8H8BrFN2. The van der Waals surface area contributed by atoms with Gasteiger partial charge in [0.25, 0.3) is 0 Å². The van der Waals surface area contributed by atoms with E-state index in [1.807, 2.05) is 0 Å². The molecule has 0 aliphatic carbocycles. The molecule has 0 unspecified atom stereocenters. The quantitative estimate of drug-likeness (QED) is 0.584. The molecule has 0 amide bonds. The summed E-state index contributed by atoms with van der Waals surface area (Å²) >= 11 is 3.19. The smallest absolute Gasteiger partial charge is 0.126 e. The molecule has 0 aliphatic rings.